The summed E-state index contributed by atoms with van der Waals surface area (Å²) in [6, 6.07) is 0. The van der Waals surface area contributed by atoms with E-state index >= 15 is 0 Å². The zero-order chi connectivity index (χ0) is 5.70. The van der Waals surface area contributed by atoms with Gasteiger partial charge >= 0.3 is 0 Å². The maximum absolute atomic E-state index is 5.42. The Kier molecular flexibility index (Phi) is 6.35. The zero-order valence-corrected chi connectivity index (χ0v) is 7.76. The second-order valence-corrected chi connectivity index (χ2v) is 3.55. The van der Waals surface area contributed by atoms with Crippen LogP contribution in [0.4, 0.5) is 0 Å². The van der Waals surface area contributed by atoms with E-state index in [1.165, 1.54) is 0 Å². The van der Waals surface area contributed by atoms with E-state index in [1.54, 1.807) is 0 Å². The molecule has 0 radical (unpaired) electrons. The molecule has 3 heteroatoms. The van der Waals surface area contributed by atoms with E-state index in [0.29, 0.717) is 4.83 Å². The number of hydrogen-bond acceptors (Lipinski definition) is 0. The molecule has 0 aliphatic carbocycles. The lowest BCUT2D eigenvalue weighted by Crippen LogP contribution is -1.98. The summed E-state index contributed by atoms with van der Waals surface area (Å²) in [6.45, 7) is 0. The standard InChI is InChI=1S/C4H7Br2Cl/c5-3-4(6)1-2-7/h4H,1-3H2. The van der Waals surface area contributed by atoms with E-state index < -0.39 is 0 Å². The molecule has 0 aliphatic heterocycles. The molecule has 0 bridgehead atoms. The lowest BCUT2D eigenvalue weighted by atomic mass is 10.4. The summed E-state index contributed by atoms with van der Waals surface area (Å²) in [6.07, 6.45) is 1.03. The van der Waals surface area contributed by atoms with Crippen LogP contribution in [-0.2, 0) is 0 Å². The highest BCUT2D eigenvalue weighted by atomic mass is 79.9. The minimum Gasteiger partial charge on any atom is -0.127 e. The molecular formula is C4H7Br2Cl. The lowest BCUT2D eigenvalue weighted by molar-refractivity contribution is 0.945. The lowest BCUT2D eigenvalue weighted by Gasteiger charge is -1.98. The Bertz CT molecular complexity index is 40.7. The molecule has 0 amide bonds. The molecule has 0 N–H and O–H groups in total. The predicted octanol–water partition coefficient (Wildman–Crippen LogP) is 2.77. The third-order valence-electron chi connectivity index (χ3n) is 0.590. The number of alkyl halides is 3. The van der Waals surface area contributed by atoms with Crippen LogP contribution in [0.3, 0.4) is 0 Å². The van der Waals surface area contributed by atoms with E-state index in [9.17, 15) is 0 Å². The summed E-state index contributed by atoms with van der Waals surface area (Å²) >= 11 is 12.1. The van der Waals surface area contributed by atoms with Crippen LogP contribution in [-0.4, -0.2) is 16.0 Å². The highest BCUT2D eigenvalue weighted by molar-refractivity contribution is 9.12. The van der Waals surface area contributed by atoms with Crippen molar-refractivity contribution >= 4 is 43.5 Å². The number of halogens is 3. The first-order valence-electron chi connectivity index (χ1n) is 2.07. The quantitative estimate of drug-likeness (QED) is 0.676. The van der Waals surface area contributed by atoms with E-state index in [-0.39, 0.29) is 0 Å². The fourth-order valence-corrected chi connectivity index (χ4v) is 1.28. The summed E-state index contributed by atoms with van der Waals surface area (Å²) in [7, 11) is 0. The fraction of sp³-hybridized carbons (Fsp3) is 1.00. The Hall–Kier alpha value is 1.25. The Labute approximate surface area is 65.9 Å². The van der Waals surface area contributed by atoms with Gasteiger partial charge in [-0.25, -0.2) is 0 Å². The average molecular weight is 250 g/mol. The molecule has 0 saturated carbocycles. The van der Waals surface area contributed by atoms with Gasteiger partial charge in [-0.3, -0.25) is 0 Å². The van der Waals surface area contributed by atoms with Crippen molar-refractivity contribution in [2.45, 2.75) is 11.2 Å². The van der Waals surface area contributed by atoms with Crippen LogP contribution in [0.25, 0.3) is 0 Å². The zero-order valence-electron chi connectivity index (χ0n) is 3.83. The molecule has 0 spiro atoms. The second kappa shape index (κ2) is 5.39. The first-order valence-corrected chi connectivity index (χ1v) is 4.64. The SMILES string of the molecule is ClCCC(Br)CBr. The molecule has 0 aromatic rings. The van der Waals surface area contributed by atoms with Gasteiger partial charge in [0.15, 0.2) is 0 Å². The number of rotatable bonds is 3. The molecule has 0 aromatic heterocycles. The fourth-order valence-electron chi connectivity index (χ4n) is 0.196. The highest BCUT2D eigenvalue weighted by Crippen LogP contribution is 2.08. The maximum Gasteiger partial charge on any atom is 0.0254 e. The van der Waals surface area contributed by atoms with Crippen molar-refractivity contribution in [2.24, 2.45) is 0 Å². The molecule has 1 atom stereocenters. The van der Waals surface area contributed by atoms with Crippen molar-refractivity contribution in [3.63, 3.8) is 0 Å². The smallest absolute Gasteiger partial charge is 0.0254 e. The van der Waals surface area contributed by atoms with Gasteiger partial charge in [0.25, 0.3) is 0 Å². The van der Waals surface area contributed by atoms with Crippen LogP contribution in [0.2, 0.25) is 0 Å². The Morgan fingerprint density at radius 3 is 2.29 bits per heavy atom. The first kappa shape index (κ1) is 8.25. The van der Waals surface area contributed by atoms with Crippen molar-refractivity contribution in [1.82, 2.24) is 0 Å². The van der Waals surface area contributed by atoms with E-state index in [2.05, 4.69) is 31.9 Å². The summed E-state index contributed by atoms with van der Waals surface area (Å²) in [4.78, 5) is 0.546. The van der Waals surface area contributed by atoms with Crippen molar-refractivity contribution in [1.29, 1.82) is 0 Å². The number of hydrogen-bond donors (Lipinski definition) is 0. The summed E-state index contributed by atoms with van der Waals surface area (Å²) < 4.78 is 0. The summed E-state index contributed by atoms with van der Waals surface area (Å²) in [5, 5.41) is 0.986. The first-order chi connectivity index (χ1) is 3.31. The van der Waals surface area contributed by atoms with Gasteiger partial charge in [-0.2, -0.15) is 0 Å². The molecule has 0 saturated heterocycles. The van der Waals surface area contributed by atoms with E-state index in [4.69, 9.17) is 11.6 Å². The predicted molar refractivity (Wildman–Crippen MR) is 41.8 cm³/mol. The Balaban J connectivity index is 2.83. The maximum atomic E-state index is 5.42. The minimum absolute atomic E-state index is 0.546. The normalized spacial score (nSPS) is 14.1. The Morgan fingerprint density at radius 2 is 2.14 bits per heavy atom. The molecule has 0 nitrogen and oxygen atoms in total. The second-order valence-electron chi connectivity index (χ2n) is 1.23. The molecule has 0 rings (SSSR count). The molecule has 44 valence electrons. The molecule has 7 heavy (non-hydrogen) atoms. The van der Waals surface area contributed by atoms with E-state index in [0.717, 1.165) is 17.6 Å². The van der Waals surface area contributed by atoms with Gasteiger partial charge in [0.05, 0.1) is 0 Å². The van der Waals surface area contributed by atoms with Gasteiger partial charge in [-0.15, -0.1) is 11.6 Å². The van der Waals surface area contributed by atoms with Gasteiger partial charge in [-0.05, 0) is 6.42 Å². The van der Waals surface area contributed by atoms with Gasteiger partial charge in [0.1, 0.15) is 0 Å². The van der Waals surface area contributed by atoms with Crippen LogP contribution < -0.4 is 0 Å². The largest absolute Gasteiger partial charge is 0.127 e. The molecule has 0 fully saturated rings. The molecule has 0 aliphatic rings. The van der Waals surface area contributed by atoms with Crippen LogP contribution in [0, 0.1) is 0 Å². The van der Waals surface area contributed by atoms with Crippen molar-refractivity contribution < 1.29 is 0 Å². The van der Waals surface area contributed by atoms with Gasteiger partial charge in [0, 0.05) is 16.0 Å². The van der Waals surface area contributed by atoms with Crippen LogP contribution in [0.15, 0.2) is 0 Å². The van der Waals surface area contributed by atoms with Gasteiger partial charge < -0.3 is 0 Å². The highest BCUT2D eigenvalue weighted by Gasteiger charge is 1.97. The van der Waals surface area contributed by atoms with E-state index in [1.807, 2.05) is 0 Å². The average Bonchev–Trinajstić information content (AvgIpc) is 1.68. The summed E-state index contributed by atoms with van der Waals surface area (Å²) in [5.74, 6) is 0.738. The third-order valence-corrected chi connectivity index (χ3v) is 3.24. The van der Waals surface area contributed by atoms with Crippen molar-refractivity contribution in [3.8, 4) is 0 Å². The van der Waals surface area contributed by atoms with Gasteiger partial charge in [0.2, 0.25) is 0 Å². The molecule has 0 heterocycles. The third kappa shape index (κ3) is 5.12. The summed E-state index contributed by atoms with van der Waals surface area (Å²) in [5.41, 5.74) is 0. The van der Waals surface area contributed by atoms with Crippen LogP contribution in [0.5, 0.6) is 0 Å². The minimum atomic E-state index is 0.546. The topological polar surface area (TPSA) is 0 Å². The van der Waals surface area contributed by atoms with Crippen molar-refractivity contribution in [2.75, 3.05) is 11.2 Å². The van der Waals surface area contributed by atoms with Crippen LogP contribution >= 0.6 is 43.5 Å². The van der Waals surface area contributed by atoms with Crippen LogP contribution in [0.1, 0.15) is 6.42 Å². The Morgan fingerprint density at radius 1 is 1.57 bits per heavy atom. The molecular weight excluding hydrogens is 243 g/mol. The van der Waals surface area contributed by atoms with Crippen molar-refractivity contribution in [3.05, 3.63) is 0 Å². The monoisotopic (exact) mass is 248 g/mol. The van der Waals surface area contributed by atoms with Gasteiger partial charge in [-0.1, -0.05) is 31.9 Å². The molecule has 0 aromatic carbocycles. The molecule has 1 unspecified atom stereocenters.